The van der Waals surface area contributed by atoms with Crippen molar-refractivity contribution < 1.29 is 9.53 Å². The molecule has 0 radical (unpaired) electrons. The van der Waals surface area contributed by atoms with Crippen LogP contribution in [0.3, 0.4) is 0 Å². The predicted molar refractivity (Wildman–Crippen MR) is 83.7 cm³/mol. The zero-order valence-electron chi connectivity index (χ0n) is 11.3. The summed E-state index contributed by atoms with van der Waals surface area (Å²) in [6.07, 6.45) is 0.504. The van der Waals surface area contributed by atoms with Crippen molar-refractivity contribution in [1.82, 2.24) is 9.78 Å². The molecule has 0 atom stereocenters. The molecule has 0 bridgehead atoms. The monoisotopic (exact) mass is 347 g/mol. The molecule has 0 aliphatic carbocycles. The van der Waals surface area contributed by atoms with E-state index in [4.69, 9.17) is 45.3 Å². The number of halogens is 3. The quantitative estimate of drug-likeness (QED) is 0.857. The number of anilines is 1. The predicted octanol–water partition coefficient (Wildman–Crippen LogP) is 3.76. The average molecular weight is 349 g/mol. The summed E-state index contributed by atoms with van der Waals surface area (Å²) in [6.45, 7) is 1.85. The average Bonchev–Trinajstić information content (AvgIpc) is 2.74. The number of aryl methyl sites for hydroxylation is 1. The molecule has 0 amide bonds. The summed E-state index contributed by atoms with van der Waals surface area (Å²) >= 11 is 18.2. The summed E-state index contributed by atoms with van der Waals surface area (Å²) in [6, 6.07) is 3.05. The van der Waals surface area contributed by atoms with E-state index in [2.05, 4.69) is 5.10 Å². The topological polar surface area (TPSA) is 70.1 Å². The fourth-order valence-electron chi connectivity index (χ4n) is 1.96. The molecule has 1 aromatic carbocycles. The highest BCUT2D eigenvalue weighted by Crippen LogP contribution is 2.34. The summed E-state index contributed by atoms with van der Waals surface area (Å²) in [7, 11) is 1.28. The molecule has 1 aromatic heterocycles. The van der Waals surface area contributed by atoms with E-state index in [1.807, 2.05) is 6.92 Å². The molecule has 0 aliphatic rings. The molecule has 0 spiro atoms. The van der Waals surface area contributed by atoms with Crippen LogP contribution in [0.15, 0.2) is 12.1 Å². The highest BCUT2D eigenvalue weighted by Gasteiger charge is 2.24. The first-order valence-corrected chi connectivity index (χ1v) is 7.14. The molecule has 8 heteroatoms. The largest absolute Gasteiger partial charge is 0.465 e. The molecule has 2 N–H and O–H groups in total. The Morgan fingerprint density at radius 1 is 1.33 bits per heavy atom. The Hall–Kier alpha value is -1.43. The van der Waals surface area contributed by atoms with Gasteiger partial charge >= 0.3 is 5.97 Å². The lowest BCUT2D eigenvalue weighted by Crippen LogP contribution is -2.08. The molecular formula is C13H12Cl3N3O2. The van der Waals surface area contributed by atoms with E-state index in [0.29, 0.717) is 22.8 Å². The smallest absolute Gasteiger partial charge is 0.343 e. The first-order chi connectivity index (χ1) is 9.90. The normalized spacial score (nSPS) is 10.7. The molecule has 0 saturated carbocycles. The third kappa shape index (κ3) is 2.81. The van der Waals surface area contributed by atoms with Crippen LogP contribution in [0.5, 0.6) is 0 Å². The van der Waals surface area contributed by atoms with Crippen molar-refractivity contribution in [2.45, 2.75) is 13.3 Å². The molecule has 2 rings (SSSR count). The number of nitrogens with zero attached hydrogens (tertiary/aromatic N) is 2. The third-order valence-corrected chi connectivity index (χ3v) is 3.71. The number of methoxy groups -OCH3 is 1. The number of aromatic nitrogens is 2. The van der Waals surface area contributed by atoms with Gasteiger partial charge in [0, 0.05) is 5.02 Å². The maximum atomic E-state index is 11.8. The first-order valence-electron chi connectivity index (χ1n) is 6.01. The van der Waals surface area contributed by atoms with Crippen LogP contribution in [0, 0.1) is 0 Å². The third-order valence-electron chi connectivity index (χ3n) is 2.91. The van der Waals surface area contributed by atoms with Gasteiger partial charge in [-0.25, -0.2) is 9.48 Å². The minimum absolute atomic E-state index is 0.116. The molecule has 0 unspecified atom stereocenters. The van der Waals surface area contributed by atoms with E-state index in [-0.39, 0.29) is 21.4 Å². The minimum atomic E-state index is -0.559. The Kier molecular flexibility index (Phi) is 4.66. The molecule has 0 saturated heterocycles. The highest BCUT2D eigenvalue weighted by atomic mass is 35.5. The Morgan fingerprint density at radius 2 is 1.90 bits per heavy atom. The molecule has 5 nitrogen and oxygen atoms in total. The maximum absolute atomic E-state index is 11.8. The van der Waals surface area contributed by atoms with Gasteiger partial charge < -0.3 is 10.5 Å². The number of hydrogen-bond donors (Lipinski definition) is 1. The Morgan fingerprint density at radius 3 is 2.38 bits per heavy atom. The van der Waals surface area contributed by atoms with Gasteiger partial charge in [-0.2, -0.15) is 5.10 Å². The SMILES string of the molecule is CCc1nn(-c2c(Cl)cc(Cl)cc2Cl)c(N)c1C(=O)OC. The van der Waals surface area contributed by atoms with Crippen LogP contribution in [0.2, 0.25) is 15.1 Å². The van der Waals surface area contributed by atoms with Gasteiger partial charge in [-0.15, -0.1) is 0 Å². The maximum Gasteiger partial charge on any atom is 0.343 e. The fraction of sp³-hybridized carbons (Fsp3) is 0.231. The molecule has 21 heavy (non-hydrogen) atoms. The van der Waals surface area contributed by atoms with E-state index < -0.39 is 5.97 Å². The molecule has 1 heterocycles. The van der Waals surface area contributed by atoms with Crippen molar-refractivity contribution in [2.75, 3.05) is 12.8 Å². The van der Waals surface area contributed by atoms with E-state index in [0.717, 1.165) is 0 Å². The van der Waals surface area contributed by atoms with Crippen molar-refractivity contribution in [1.29, 1.82) is 0 Å². The number of ether oxygens (including phenoxy) is 1. The van der Waals surface area contributed by atoms with Crippen molar-refractivity contribution in [3.8, 4) is 5.69 Å². The van der Waals surface area contributed by atoms with Gasteiger partial charge in [0.15, 0.2) is 0 Å². The Labute approximate surface area is 136 Å². The van der Waals surface area contributed by atoms with E-state index in [9.17, 15) is 4.79 Å². The zero-order chi connectivity index (χ0) is 15.7. The summed E-state index contributed by atoms with van der Waals surface area (Å²) in [4.78, 5) is 11.8. The summed E-state index contributed by atoms with van der Waals surface area (Å²) in [5.41, 5.74) is 7.09. The van der Waals surface area contributed by atoms with Crippen LogP contribution >= 0.6 is 34.8 Å². The summed E-state index contributed by atoms with van der Waals surface area (Å²) in [5.74, 6) is -0.443. The second kappa shape index (κ2) is 6.13. The summed E-state index contributed by atoms with van der Waals surface area (Å²) < 4.78 is 6.05. The first kappa shape index (κ1) is 15.9. The Bertz CT molecular complexity index is 690. The van der Waals surface area contributed by atoms with Crippen molar-refractivity contribution in [3.63, 3.8) is 0 Å². The number of hydrogen-bond acceptors (Lipinski definition) is 4. The molecule has 0 fully saturated rings. The van der Waals surface area contributed by atoms with Crippen molar-refractivity contribution in [2.24, 2.45) is 0 Å². The standard InChI is InChI=1S/C13H12Cl3N3O2/c1-3-9-10(13(20)21-2)12(17)19(18-9)11-7(15)4-6(14)5-8(11)16/h4-5H,3,17H2,1-2H3. The zero-order valence-corrected chi connectivity index (χ0v) is 13.6. The Balaban J connectivity index is 2.72. The minimum Gasteiger partial charge on any atom is -0.465 e. The number of benzene rings is 1. The fourth-order valence-corrected chi connectivity index (χ4v) is 2.93. The summed E-state index contributed by atoms with van der Waals surface area (Å²) in [5, 5.41) is 5.25. The second-order valence-corrected chi connectivity index (χ2v) is 5.43. The number of carbonyl (C=O) groups excluding carboxylic acids is 1. The van der Waals surface area contributed by atoms with Gasteiger partial charge in [0.25, 0.3) is 0 Å². The molecule has 2 aromatic rings. The second-order valence-electron chi connectivity index (χ2n) is 4.18. The van der Waals surface area contributed by atoms with Gasteiger partial charge in [0.1, 0.15) is 17.1 Å². The van der Waals surface area contributed by atoms with Crippen LogP contribution in [-0.4, -0.2) is 22.9 Å². The number of rotatable bonds is 3. The number of esters is 1. The van der Waals surface area contributed by atoms with Gasteiger partial charge in [-0.3, -0.25) is 0 Å². The van der Waals surface area contributed by atoms with Gasteiger partial charge in [-0.1, -0.05) is 41.7 Å². The van der Waals surface area contributed by atoms with Gasteiger partial charge in [-0.05, 0) is 18.6 Å². The lowest BCUT2D eigenvalue weighted by molar-refractivity contribution is 0.0601. The van der Waals surface area contributed by atoms with Crippen LogP contribution in [0.1, 0.15) is 23.0 Å². The number of carbonyl (C=O) groups is 1. The van der Waals surface area contributed by atoms with Crippen LogP contribution < -0.4 is 5.73 Å². The van der Waals surface area contributed by atoms with Crippen molar-refractivity contribution >= 4 is 46.6 Å². The molecular weight excluding hydrogens is 337 g/mol. The molecule has 112 valence electrons. The van der Waals surface area contributed by atoms with Crippen LogP contribution in [-0.2, 0) is 11.2 Å². The number of nitrogens with two attached hydrogens (primary N) is 1. The van der Waals surface area contributed by atoms with Crippen LogP contribution in [0.4, 0.5) is 5.82 Å². The lowest BCUT2D eigenvalue weighted by atomic mass is 10.2. The van der Waals surface area contributed by atoms with Crippen molar-refractivity contribution in [3.05, 3.63) is 38.5 Å². The number of nitrogen functional groups attached to an aromatic ring is 1. The van der Waals surface area contributed by atoms with E-state index in [1.54, 1.807) is 0 Å². The van der Waals surface area contributed by atoms with E-state index >= 15 is 0 Å². The van der Waals surface area contributed by atoms with Gasteiger partial charge in [0.05, 0.1) is 22.8 Å². The van der Waals surface area contributed by atoms with Crippen LogP contribution in [0.25, 0.3) is 5.69 Å². The highest BCUT2D eigenvalue weighted by molar-refractivity contribution is 6.40. The van der Waals surface area contributed by atoms with E-state index in [1.165, 1.54) is 23.9 Å². The molecule has 0 aliphatic heterocycles. The van der Waals surface area contributed by atoms with Gasteiger partial charge in [0.2, 0.25) is 0 Å². The lowest BCUT2D eigenvalue weighted by Gasteiger charge is -2.09.